The maximum absolute atomic E-state index is 13.3. The molecule has 0 radical (unpaired) electrons. The first-order valence-electron chi connectivity index (χ1n) is 11.2. The number of amides is 1. The molecule has 1 aliphatic rings. The molecule has 1 N–H and O–H groups in total. The first kappa shape index (κ1) is 22.5. The van der Waals surface area contributed by atoms with Gasteiger partial charge in [0.05, 0.1) is 0 Å². The summed E-state index contributed by atoms with van der Waals surface area (Å²) in [4.78, 5) is 20.3. The summed E-state index contributed by atoms with van der Waals surface area (Å²) in [6.45, 7) is 11.8. The molecular weight excluding hydrogens is 372 g/mol. The molecule has 1 atom stereocenters. The zero-order chi connectivity index (χ0) is 21.3. The molecule has 2 aromatic rings. The van der Waals surface area contributed by atoms with Gasteiger partial charge in [-0.3, -0.25) is 14.6 Å². The molecule has 2 aromatic carbocycles. The second-order valence-corrected chi connectivity index (χ2v) is 8.15. The van der Waals surface area contributed by atoms with E-state index in [-0.39, 0.29) is 11.9 Å². The van der Waals surface area contributed by atoms with Crippen LogP contribution in [0.3, 0.4) is 0 Å². The van der Waals surface area contributed by atoms with E-state index in [1.165, 1.54) is 5.56 Å². The summed E-state index contributed by atoms with van der Waals surface area (Å²) in [5.41, 5.74) is 3.51. The smallest absolute Gasteiger partial charge is 0.242 e. The zero-order valence-electron chi connectivity index (χ0n) is 18.7. The molecule has 3 rings (SSSR count). The number of carbonyl (C=O) groups is 1. The lowest BCUT2D eigenvalue weighted by Crippen LogP contribution is -2.49. The SMILES string of the molecule is CCN(CC)Cc1cccc(CNC(=O)C(c2ccccc2)N2CCN(C)CC2)c1. The summed E-state index contributed by atoms with van der Waals surface area (Å²) in [5.74, 6) is 0.0832. The van der Waals surface area contributed by atoms with Crippen molar-refractivity contribution in [2.45, 2.75) is 33.0 Å². The van der Waals surface area contributed by atoms with E-state index in [2.05, 4.69) is 77.3 Å². The number of likely N-dealkylation sites (N-methyl/N-ethyl adjacent to an activating group) is 1. The number of nitrogens with zero attached hydrogens (tertiary/aromatic N) is 3. The average Bonchev–Trinajstić information content (AvgIpc) is 2.78. The van der Waals surface area contributed by atoms with Crippen LogP contribution < -0.4 is 5.32 Å². The highest BCUT2D eigenvalue weighted by atomic mass is 16.2. The van der Waals surface area contributed by atoms with Gasteiger partial charge in [-0.05, 0) is 36.8 Å². The zero-order valence-corrected chi connectivity index (χ0v) is 18.7. The predicted molar refractivity (Wildman–Crippen MR) is 123 cm³/mol. The van der Waals surface area contributed by atoms with Crippen LogP contribution in [0, 0.1) is 0 Å². The molecule has 0 bridgehead atoms. The molecule has 30 heavy (non-hydrogen) atoms. The van der Waals surface area contributed by atoms with Crippen LogP contribution in [-0.4, -0.2) is 66.9 Å². The van der Waals surface area contributed by atoms with E-state index in [9.17, 15) is 4.79 Å². The first-order valence-corrected chi connectivity index (χ1v) is 11.2. The maximum atomic E-state index is 13.3. The standard InChI is InChI=1S/C25H36N4O/c1-4-28(5-2)20-22-11-9-10-21(18-22)19-26-25(30)24(23-12-7-6-8-13-23)29-16-14-27(3)15-17-29/h6-13,18,24H,4-5,14-17,19-20H2,1-3H3,(H,26,30). The number of hydrogen-bond acceptors (Lipinski definition) is 4. The highest BCUT2D eigenvalue weighted by Gasteiger charge is 2.29. The van der Waals surface area contributed by atoms with Crippen molar-refractivity contribution < 1.29 is 4.79 Å². The van der Waals surface area contributed by atoms with E-state index in [1.54, 1.807) is 0 Å². The van der Waals surface area contributed by atoms with Gasteiger partial charge in [-0.25, -0.2) is 0 Å². The minimum Gasteiger partial charge on any atom is -0.350 e. The van der Waals surface area contributed by atoms with Crippen LogP contribution in [0.25, 0.3) is 0 Å². The largest absolute Gasteiger partial charge is 0.350 e. The van der Waals surface area contributed by atoms with Crippen LogP contribution in [0.2, 0.25) is 0 Å². The van der Waals surface area contributed by atoms with Gasteiger partial charge in [0.25, 0.3) is 0 Å². The summed E-state index contributed by atoms with van der Waals surface area (Å²) in [7, 11) is 2.14. The van der Waals surface area contributed by atoms with E-state index in [4.69, 9.17) is 0 Å². The van der Waals surface area contributed by atoms with Gasteiger partial charge in [-0.1, -0.05) is 68.4 Å². The van der Waals surface area contributed by atoms with Crippen molar-refractivity contribution in [1.82, 2.24) is 20.0 Å². The molecule has 0 spiro atoms. The number of benzene rings is 2. The summed E-state index contributed by atoms with van der Waals surface area (Å²) in [6, 6.07) is 18.5. The lowest BCUT2D eigenvalue weighted by atomic mass is 10.0. The maximum Gasteiger partial charge on any atom is 0.242 e. The molecule has 162 valence electrons. The molecule has 5 heteroatoms. The highest BCUT2D eigenvalue weighted by Crippen LogP contribution is 2.22. The molecule has 1 unspecified atom stereocenters. The number of carbonyl (C=O) groups excluding carboxylic acids is 1. The van der Waals surface area contributed by atoms with Gasteiger partial charge in [0.15, 0.2) is 0 Å². The summed E-state index contributed by atoms with van der Waals surface area (Å²) < 4.78 is 0. The Morgan fingerprint density at radius 1 is 0.967 bits per heavy atom. The fourth-order valence-electron chi connectivity index (χ4n) is 4.07. The molecular formula is C25H36N4O. The Morgan fingerprint density at radius 2 is 1.63 bits per heavy atom. The minimum absolute atomic E-state index is 0.0832. The van der Waals surface area contributed by atoms with Crippen LogP contribution in [0.1, 0.15) is 36.6 Å². The van der Waals surface area contributed by atoms with Crippen LogP contribution in [0.4, 0.5) is 0 Å². The van der Waals surface area contributed by atoms with Crippen molar-refractivity contribution in [2.24, 2.45) is 0 Å². The van der Waals surface area contributed by atoms with E-state index >= 15 is 0 Å². The third-order valence-electron chi connectivity index (χ3n) is 6.03. The topological polar surface area (TPSA) is 38.8 Å². The van der Waals surface area contributed by atoms with Gasteiger partial charge >= 0.3 is 0 Å². The van der Waals surface area contributed by atoms with Gasteiger partial charge in [0, 0.05) is 39.3 Å². The number of hydrogen-bond donors (Lipinski definition) is 1. The normalized spacial score (nSPS) is 16.5. The van der Waals surface area contributed by atoms with Crippen molar-refractivity contribution in [1.29, 1.82) is 0 Å². The average molecular weight is 409 g/mol. The lowest BCUT2D eigenvalue weighted by Gasteiger charge is -2.37. The van der Waals surface area contributed by atoms with Gasteiger partial charge in [0.1, 0.15) is 6.04 Å². The molecule has 1 saturated heterocycles. The Balaban J connectivity index is 1.67. The number of piperazine rings is 1. The Labute approximate surface area is 181 Å². The molecule has 0 saturated carbocycles. The fraction of sp³-hybridized carbons (Fsp3) is 0.480. The van der Waals surface area contributed by atoms with Crippen molar-refractivity contribution >= 4 is 5.91 Å². The second kappa shape index (κ2) is 11.3. The molecule has 1 heterocycles. The molecule has 1 aliphatic heterocycles. The van der Waals surface area contributed by atoms with Crippen molar-refractivity contribution in [2.75, 3.05) is 46.3 Å². The summed E-state index contributed by atoms with van der Waals surface area (Å²) >= 11 is 0. The molecule has 1 amide bonds. The van der Waals surface area contributed by atoms with Crippen LogP contribution in [0.5, 0.6) is 0 Å². The Morgan fingerprint density at radius 3 is 2.30 bits per heavy atom. The second-order valence-electron chi connectivity index (χ2n) is 8.15. The quantitative estimate of drug-likeness (QED) is 0.692. The molecule has 0 aromatic heterocycles. The molecule has 5 nitrogen and oxygen atoms in total. The Kier molecular flexibility index (Phi) is 8.43. The molecule has 0 aliphatic carbocycles. The van der Waals surface area contributed by atoms with E-state index in [0.717, 1.165) is 56.9 Å². The first-order chi connectivity index (χ1) is 14.6. The predicted octanol–water partition coefficient (Wildman–Crippen LogP) is 3.13. The van der Waals surface area contributed by atoms with Crippen molar-refractivity contribution in [3.63, 3.8) is 0 Å². The lowest BCUT2D eigenvalue weighted by molar-refractivity contribution is -0.127. The van der Waals surface area contributed by atoms with E-state index in [1.807, 2.05) is 18.2 Å². The monoisotopic (exact) mass is 408 g/mol. The molecule has 1 fully saturated rings. The van der Waals surface area contributed by atoms with Crippen LogP contribution >= 0.6 is 0 Å². The Hall–Kier alpha value is -2.21. The highest BCUT2D eigenvalue weighted by molar-refractivity contribution is 5.83. The van der Waals surface area contributed by atoms with E-state index < -0.39 is 0 Å². The van der Waals surface area contributed by atoms with Crippen molar-refractivity contribution in [3.05, 3.63) is 71.3 Å². The van der Waals surface area contributed by atoms with Crippen LogP contribution in [-0.2, 0) is 17.9 Å². The third-order valence-corrected chi connectivity index (χ3v) is 6.03. The third kappa shape index (κ3) is 6.14. The number of nitrogens with one attached hydrogen (secondary N) is 1. The van der Waals surface area contributed by atoms with Gasteiger partial charge in [-0.15, -0.1) is 0 Å². The van der Waals surface area contributed by atoms with E-state index in [0.29, 0.717) is 6.54 Å². The Bertz CT molecular complexity index is 783. The van der Waals surface area contributed by atoms with Gasteiger partial charge in [0.2, 0.25) is 5.91 Å². The minimum atomic E-state index is -0.237. The van der Waals surface area contributed by atoms with Gasteiger partial charge in [-0.2, -0.15) is 0 Å². The summed E-state index contributed by atoms with van der Waals surface area (Å²) in [5, 5.41) is 3.21. The van der Waals surface area contributed by atoms with Crippen molar-refractivity contribution in [3.8, 4) is 0 Å². The summed E-state index contributed by atoms with van der Waals surface area (Å²) in [6.07, 6.45) is 0. The number of rotatable bonds is 9. The van der Waals surface area contributed by atoms with Gasteiger partial charge < -0.3 is 10.2 Å². The van der Waals surface area contributed by atoms with Crippen LogP contribution in [0.15, 0.2) is 54.6 Å². The fourth-order valence-corrected chi connectivity index (χ4v) is 4.07.